The summed E-state index contributed by atoms with van der Waals surface area (Å²) in [5.41, 5.74) is 1.31. The van der Waals surface area contributed by atoms with Crippen LogP contribution < -0.4 is 5.32 Å². The van der Waals surface area contributed by atoms with Gasteiger partial charge in [-0.25, -0.2) is 0 Å². The van der Waals surface area contributed by atoms with Gasteiger partial charge < -0.3 is 5.32 Å². The van der Waals surface area contributed by atoms with Crippen LogP contribution in [0.15, 0.2) is 30.3 Å². The first-order chi connectivity index (χ1) is 7.72. The minimum absolute atomic E-state index is 0.0376. The number of alkyl halides is 1. The molecule has 1 atom stereocenters. The SMILES string of the molecule is C[C@H](CCc1ccccc1)NC(=O)CCCl. The zero-order valence-electron chi connectivity index (χ0n) is 9.58. The molecule has 0 unspecified atom stereocenters. The molecule has 1 aromatic carbocycles. The van der Waals surface area contributed by atoms with E-state index in [9.17, 15) is 4.79 Å². The number of hydrogen-bond acceptors (Lipinski definition) is 1. The predicted octanol–water partition coefficient (Wildman–Crippen LogP) is 2.75. The zero-order valence-corrected chi connectivity index (χ0v) is 10.3. The topological polar surface area (TPSA) is 29.1 Å². The highest BCUT2D eigenvalue weighted by molar-refractivity contribution is 6.18. The lowest BCUT2D eigenvalue weighted by Gasteiger charge is -2.13. The summed E-state index contributed by atoms with van der Waals surface area (Å²) in [4.78, 5) is 11.3. The lowest BCUT2D eigenvalue weighted by Crippen LogP contribution is -2.32. The van der Waals surface area contributed by atoms with Crippen LogP contribution >= 0.6 is 11.6 Å². The van der Waals surface area contributed by atoms with Gasteiger partial charge in [-0.15, -0.1) is 11.6 Å². The minimum Gasteiger partial charge on any atom is -0.354 e. The van der Waals surface area contributed by atoms with Gasteiger partial charge in [-0.2, -0.15) is 0 Å². The standard InChI is InChI=1S/C13H18ClNO/c1-11(15-13(16)9-10-14)7-8-12-5-3-2-4-6-12/h2-6,11H,7-10H2,1H3,(H,15,16)/t11-/m1/s1. The Morgan fingerprint density at radius 3 is 2.69 bits per heavy atom. The Bertz CT molecular complexity index is 313. The number of nitrogens with one attached hydrogen (secondary N) is 1. The van der Waals surface area contributed by atoms with Gasteiger partial charge in [-0.05, 0) is 25.3 Å². The molecule has 1 amide bonds. The highest BCUT2D eigenvalue weighted by atomic mass is 35.5. The first-order valence-corrected chi connectivity index (χ1v) is 6.15. The third-order valence-electron chi connectivity index (χ3n) is 2.44. The Morgan fingerprint density at radius 1 is 1.38 bits per heavy atom. The normalized spacial score (nSPS) is 12.1. The van der Waals surface area contributed by atoms with Crippen LogP contribution in [0.25, 0.3) is 0 Å². The number of halogens is 1. The fourth-order valence-corrected chi connectivity index (χ4v) is 1.70. The predicted molar refractivity (Wildman–Crippen MR) is 67.7 cm³/mol. The van der Waals surface area contributed by atoms with Crippen LogP contribution in [-0.4, -0.2) is 17.8 Å². The second-order valence-corrected chi connectivity index (χ2v) is 4.31. The van der Waals surface area contributed by atoms with Crippen molar-refractivity contribution in [3.8, 4) is 0 Å². The molecule has 3 heteroatoms. The van der Waals surface area contributed by atoms with Crippen LogP contribution in [0, 0.1) is 0 Å². The van der Waals surface area contributed by atoms with Crippen molar-refractivity contribution >= 4 is 17.5 Å². The molecule has 0 fully saturated rings. The molecule has 16 heavy (non-hydrogen) atoms. The van der Waals surface area contributed by atoms with E-state index in [1.807, 2.05) is 25.1 Å². The monoisotopic (exact) mass is 239 g/mol. The van der Waals surface area contributed by atoms with E-state index in [1.165, 1.54) is 5.56 Å². The van der Waals surface area contributed by atoms with Crippen molar-refractivity contribution in [3.63, 3.8) is 0 Å². The summed E-state index contributed by atoms with van der Waals surface area (Å²) in [5.74, 6) is 0.424. The Balaban J connectivity index is 2.25. The summed E-state index contributed by atoms with van der Waals surface area (Å²) in [6.45, 7) is 2.02. The van der Waals surface area contributed by atoms with E-state index in [0.717, 1.165) is 12.8 Å². The van der Waals surface area contributed by atoms with E-state index in [2.05, 4.69) is 17.4 Å². The van der Waals surface area contributed by atoms with Crippen molar-refractivity contribution in [2.24, 2.45) is 0 Å². The van der Waals surface area contributed by atoms with Crippen LogP contribution in [0.2, 0.25) is 0 Å². The quantitative estimate of drug-likeness (QED) is 0.760. The number of carbonyl (C=O) groups is 1. The molecule has 88 valence electrons. The van der Waals surface area contributed by atoms with Crippen molar-refractivity contribution in [1.29, 1.82) is 0 Å². The molecule has 1 aromatic rings. The molecule has 0 spiro atoms. The summed E-state index contributed by atoms with van der Waals surface area (Å²) in [5, 5.41) is 2.93. The molecule has 1 N–H and O–H groups in total. The number of aryl methyl sites for hydroxylation is 1. The summed E-state index contributed by atoms with van der Waals surface area (Å²) >= 11 is 5.49. The van der Waals surface area contributed by atoms with E-state index in [-0.39, 0.29) is 11.9 Å². The van der Waals surface area contributed by atoms with Crippen molar-refractivity contribution in [2.45, 2.75) is 32.2 Å². The Hall–Kier alpha value is -1.02. The Labute approximate surface area is 102 Å². The molecule has 2 nitrogen and oxygen atoms in total. The zero-order chi connectivity index (χ0) is 11.8. The summed E-state index contributed by atoms with van der Waals surface area (Å²) < 4.78 is 0. The Morgan fingerprint density at radius 2 is 2.06 bits per heavy atom. The summed E-state index contributed by atoms with van der Waals surface area (Å²) in [6, 6.07) is 10.5. The molecule has 0 heterocycles. The van der Waals surface area contributed by atoms with Gasteiger partial charge in [0.25, 0.3) is 0 Å². The molecule has 0 aliphatic heterocycles. The first-order valence-electron chi connectivity index (χ1n) is 5.61. The lowest BCUT2D eigenvalue weighted by atomic mass is 10.1. The largest absolute Gasteiger partial charge is 0.354 e. The van der Waals surface area contributed by atoms with Crippen molar-refractivity contribution in [1.82, 2.24) is 5.32 Å². The highest BCUT2D eigenvalue weighted by Crippen LogP contribution is 2.04. The van der Waals surface area contributed by atoms with E-state index >= 15 is 0 Å². The molecule has 0 bridgehead atoms. The third-order valence-corrected chi connectivity index (χ3v) is 2.63. The average Bonchev–Trinajstić information content (AvgIpc) is 2.28. The maximum absolute atomic E-state index is 11.3. The Kier molecular flexibility index (Phi) is 5.94. The van der Waals surface area contributed by atoms with Gasteiger partial charge in [-0.1, -0.05) is 30.3 Å². The number of hydrogen-bond donors (Lipinski definition) is 1. The van der Waals surface area contributed by atoms with Crippen molar-refractivity contribution < 1.29 is 4.79 Å². The highest BCUT2D eigenvalue weighted by Gasteiger charge is 2.06. The number of rotatable bonds is 6. The minimum atomic E-state index is 0.0376. The van der Waals surface area contributed by atoms with Crippen LogP contribution in [0.3, 0.4) is 0 Å². The fraction of sp³-hybridized carbons (Fsp3) is 0.462. The third kappa shape index (κ3) is 5.17. The average molecular weight is 240 g/mol. The maximum atomic E-state index is 11.3. The van der Waals surface area contributed by atoms with Gasteiger partial charge in [0.1, 0.15) is 0 Å². The van der Waals surface area contributed by atoms with E-state index in [0.29, 0.717) is 12.3 Å². The molecular weight excluding hydrogens is 222 g/mol. The maximum Gasteiger partial charge on any atom is 0.221 e. The molecule has 0 aliphatic carbocycles. The van der Waals surface area contributed by atoms with Crippen LogP contribution in [0.1, 0.15) is 25.3 Å². The van der Waals surface area contributed by atoms with Gasteiger partial charge >= 0.3 is 0 Å². The number of amides is 1. The summed E-state index contributed by atoms with van der Waals surface area (Å²) in [7, 11) is 0. The van der Waals surface area contributed by atoms with E-state index in [1.54, 1.807) is 0 Å². The number of carbonyl (C=O) groups excluding carboxylic acids is 1. The second-order valence-electron chi connectivity index (χ2n) is 3.93. The molecule has 0 aliphatic rings. The van der Waals surface area contributed by atoms with Crippen molar-refractivity contribution in [3.05, 3.63) is 35.9 Å². The fourth-order valence-electron chi connectivity index (χ4n) is 1.53. The van der Waals surface area contributed by atoms with E-state index in [4.69, 9.17) is 11.6 Å². The number of benzene rings is 1. The second kappa shape index (κ2) is 7.29. The molecule has 1 rings (SSSR count). The van der Waals surface area contributed by atoms with Gasteiger partial charge in [-0.3, -0.25) is 4.79 Å². The van der Waals surface area contributed by atoms with Gasteiger partial charge in [0, 0.05) is 18.3 Å². The van der Waals surface area contributed by atoms with Crippen LogP contribution in [0.5, 0.6) is 0 Å². The van der Waals surface area contributed by atoms with Crippen LogP contribution in [-0.2, 0) is 11.2 Å². The lowest BCUT2D eigenvalue weighted by molar-refractivity contribution is -0.121. The first kappa shape index (κ1) is 13.0. The molecule has 0 saturated carbocycles. The van der Waals surface area contributed by atoms with Gasteiger partial charge in [0.05, 0.1) is 0 Å². The molecule has 0 aromatic heterocycles. The molecule has 0 saturated heterocycles. The van der Waals surface area contributed by atoms with Gasteiger partial charge in [0.2, 0.25) is 5.91 Å². The van der Waals surface area contributed by atoms with E-state index < -0.39 is 0 Å². The molecular formula is C13H18ClNO. The smallest absolute Gasteiger partial charge is 0.221 e. The van der Waals surface area contributed by atoms with Crippen LogP contribution in [0.4, 0.5) is 0 Å². The van der Waals surface area contributed by atoms with Gasteiger partial charge in [0.15, 0.2) is 0 Å². The summed E-state index contributed by atoms with van der Waals surface area (Å²) in [6.07, 6.45) is 2.35. The van der Waals surface area contributed by atoms with Crippen molar-refractivity contribution in [2.75, 3.05) is 5.88 Å². The molecule has 0 radical (unpaired) electrons.